The van der Waals surface area contributed by atoms with Gasteiger partial charge in [0.2, 0.25) is 0 Å². The number of hydrogen-bond donors (Lipinski definition) is 2. The minimum absolute atomic E-state index is 0.137. The van der Waals surface area contributed by atoms with E-state index < -0.39 is 42.2 Å². The van der Waals surface area contributed by atoms with Gasteiger partial charge in [-0.05, 0) is 51.0 Å². The summed E-state index contributed by atoms with van der Waals surface area (Å²) in [6.07, 6.45) is 0.0414. The van der Waals surface area contributed by atoms with Crippen LogP contribution in [0.1, 0.15) is 51.4 Å². The molecule has 166 valence electrons. The molecule has 9 heteroatoms. The van der Waals surface area contributed by atoms with E-state index in [1.165, 1.54) is 31.4 Å². The number of ether oxygens (including phenoxy) is 3. The maximum atomic E-state index is 12.1. The summed E-state index contributed by atoms with van der Waals surface area (Å²) in [5, 5.41) is 5.07. The first-order valence-corrected chi connectivity index (χ1v) is 9.61. The van der Waals surface area contributed by atoms with E-state index in [-0.39, 0.29) is 11.5 Å². The molecule has 0 spiro atoms. The van der Waals surface area contributed by atoms with E-state index in [1.54, 1.807) is 27.7 Å². The fourth-order valence-corrected chi connectivity index (χ4v) is 2.34. The highest BCUT2D eigenvalue weighted by atomic mass is 16.6. The number of carbonyl (C=O) groups excluding carboxylic acids is 4. The fraction of sp³-hybridized carbons (Fsp3) is 0.524. The Balaban J connectivity index is 2.59. The van der Waals surface area contributed by atoms with E-state index in [0.717, 1.165) is 0 Å². The largest absolute Gasteiger partial charge is 0.467 e. The Kier molecular flexibility index (Phi) is 9.29. The molecule has 1 aromatic carbocycles. The molecule has 0 saturated carbocycles. The number of esters is 2. The van der Waals surface area contributed by atoms with Crippen LogP contribution < -0.4 is 10.6 Å². The number of carbonyl (C=O) groups is 4. The smallest absolute Gasteiger partial charge is 0.412 e. The van der Waals surface area contributed by atoms with Gasteiger partial charge in [-0.1, -0.05) is 20.3 Å². The van der Waals surface area contributed by atoms with Gasteiger partial charge in [0.25, 0.3) is 5.91 Å². The summed E-state index contributed by atoms with van der Waals surface area (Å²) in [7, 11) is 1.24. The second-order valence-corrected chi connectivity index (χ2v) is 7.73. The van der Waals surface area contributed by atoms with Crippen molar-refractivity contribution in [2.24, 2.45) is 5.92 Å². The van der Waals surface area contributed by atoms with Gasteiger partial charge < -0.3 is 19.5 Å². The molecule has 0 bridgehead atoms. The average Bonchev–Trinajstić information content (AvgIpc) is 2.68. The lowest BCUT2D eigenvalue weighted by Gasteiger charge is -2.21. The number of hydrogen-bond acceptors (Lipinski definition) is 7. The van der Waals surface area contributed by atoms with Crippen molar-refractivity contribution in [3.05, 3.63) is 29.8 Å². The first-order valence-electron chi connectivity index (χ1n) is 9.61. The van der Waals surface area contributed by atoms with Crippen LogP contribution in [-0.4, -0.2) is 49.3 Å². The van der Waals surface area contributed by atoms with Crippen LogP contribution >= 0.6 is 0 Å². The van der Waals surface area contributed by atoms with Gasteiger partial charge in [0.15, 0.2) is 6.61 Å². The molecule has 0 radical (unpaired) electrons. The average molecular weight is 422 g/mol. The first kappa shape index (κ1) is 24.9. The molecular weight excluding hydrogens is 392 g/mol. The summed E-state index contributed by atoms with van der Waals surface area (Å²) in [6, 6.07) is 5.10. The van der Waals surface area contributed by atoms with Crippen LogP contribution in [0.4, 0.5) is 10.5 Å². The number of anilines is 1. The van der Waals surface area contributed by atoms with Crippen LogP contribution in [0.25, 0.3) is 0 Å². The van der Waals surface area contributed by atoms with Crippen molar-refractivity contribution in [3.63, 3.8) is 0 Å². The summed E-state index contributed by atoms with van der Waals surface area (Å²) in [5.74, 6) is -2.02. The van der Waals surface area contributed by atoms with Crippen molar-refractivity contribution in [2.75, 3.05) is 19.0 Å². The molecule has 2 N–H and O–H groups in total. The zero-order valence-corrected chi connectivity index (χ0v) is 18.2. The summed E-state index contributed by atoms with van der Waals surface area (Å²) < 4.78 is 14.8. The predicted molar refractivity (Wildman–Crippen MR) is 110 cm³/mol. The van der Waals surface area contributed by atoms with Crippen molar-refractivity contribution >= 4 is 29.6 Å². The highest BCUT2D eigenvalue weighted by Crippen LogP contribution is 2.14. The molecule has 0 heterocycles. The topological polar surface area (TPSA) is 120 Å². The minimum atomic E-state index is -0.815. The number of rotatable bonds is 8. The van der Waals surface area contributed by atoms with Crippen molar-refractivity contribution in [1.82, 2.24) is 5.32 Å². The predicted octanol–water partition coefficient (Wildman–Crippen LogP) is 2.89. The van der Waals surface area contributed by atoms with E-state index in [4.69, 9.17) is 14.2 Å². The Labute approximate surface area is 176 Å². The minimum Gasteiger partial charge on any atom is -0.467 e. The van der Waals surface area contributed by atoms with Gasteiger partial charge in [-0.25, -0.2) is 14.4 Å². The summed E-state index contributed by atoms with van der Waals surface area (Å²) in [4.78, 5) is 47.8. The quantitative estimate of drug-likeness (QED) is 0.488. The van der Waals surface area contributed by atoms with Crippen molar-refractivity contribution in [3.8, 4) is 0 Å². The van der Waals surface area contributed by atoms with Gasteiger partial charge in [-0.2, -0.15) is 0 Å². The SMILES string of the molecule is CC[C@@H](C)[C@H](NC(=O)COC(=O)c1ccc(NC(=O)OC(C)(C)C)cc1)C(=O)OC. The van der Waals surface area contributed by atoms with Gasteiger partial charge in [0, 0.05) is 5.69 Å². The van der Waals surface area contributed by atoms with Crippen molar-refractivity contribution in [1.29, 1.82) is 0 Å². The number of nitrogens with one attached hydrogen (secondary N) is 2. The maximum absolute atomic E-state index is 12.1. The Bertz CT molecular complexity index is 754. The van der Waals surface area contributed by atoms with Crippen LogP contribution in [-0.2, 0) is 23.8 Å². The van der Waals surface area contributed by atoms with Crippen molar-refractivity contribution in [2.45, 2.75) is 52.7 Å². The van der Waals surface area contributed by atoms with E-state index in [2.05, 4.69) is 10.6 Å². The molecule has 0 aliphatic rings. The van der Waals surface area contributed by atoms with Gasteiger partial charge in [0.05, 0.1) is 12.7 Å². The standard InChI is InChI=1S/C21H30N2O7/c1-7-13(2)17(19(26)28-6)23-16(24)12-29-18(25)14-8-10-15(11-9-14)22-20(27)30-21(3,4)5/h8-11,13,17H,7,12H2,1-6H3,(H,22,27)(H,23,24)/t13-,17+/m1/s1. The number of methoxy groups -OCH3 is 1. The second kappa shape index (κ2) is 11.2. The van der Waals surface area contributed by atoms with Crippen LogP contribution in [0.5, 0.6) is 0 Å². The molecule has 9 nitrogen and oxygen atoms in total. The molecular formula is C21H30N2O7. The van der Waals surface area contributed by atoms with E-state index in [1.807, 2.05) is 6.92 Å². The molecule has 1 aromatic rings. The molecule has 0 aromatic heterocycles. The molecule has 0 fully saturated rings. The van der Waals surface area contributed by atoms with Crippen LogP contribution in [0.3, 0.4) is 0 Å². The molecule has 1 rings (SSSR count). The molecule has 0 unspecified atom stereocenters. The Morgan fingerprint density at radius 1 is 1.07 bits per heavy atom. The molecule has 0 aliphatic carbocycles. The molecule has 2 amide bonds. The highest BCUT2D eigenvalue weighted by molar-refractivity contribution is 5.93. The van der Waals surface area contributed by atoms with Crippen LogP contribution in [0.15, 0.2) is 24.3 Å². The fourth-order valence-electron chi connectivity index (χ4n) is 2.34. The number of benzene rings is 1. The third-order valence-corrected chi connectivity index (χ3v) is 4.08. The van der Waals surface area contributed by atoms with Crippen molar-refractivity contribution < 1.29 is 33.4 Å². The molecule has 30 heavy (non-hydrogen) atoms. The molecule has 0 saturated heterocycles. The third kappa shape index (κ3) is 8.50. The molecule has 2 atom stereocenters. The summed E-state index contributed by atoms with van der Waals surface area (Å²) in [6.45, 7) is 8.39. The second-order valence-electron chi connectivity index (χ2n) is 7.73. The molecule has 0 aliphatic heterocycles. The Morgan fingerprint density at radius 2 is 1.67 bits per heavy atom. The zero-order chi connectivity index (χ0) is 22.9. The normalized spacial score (nSPS) is 12.9. The maximum Gasteiger partial charge on any atom is 0.412 e. The highest BCUT2D eigenvalue weighted by Gasteiger charge is 2.27. The Morgan fingerprint density at radius 3 is 2.17 bits per heavy atom. The lowest BCUT2D eigenvalue weighted by Crippen LogP contribution is -2.47. The lowest BCUT2D eigenvalue weighted by molar-refractivity contribution is -0.147. The summed E-state index contributed by atoms with van der Waals surface area (Å²) in [5.41, 5.74) is 0.00734. The third-order valence-electron chi connectivity index (χ3n) is 4.08. The van der Waals surface area contributed by atoms with Gasteiger partial charge in [0.1, 0.15) is 11.6 Å². The van der Waals surface area contributed by atoms with Gasteiger partial charge in [-0.3, -0.25) is 10.1 Å². The monoisotopic (exact) mass is 422 g/mol. The first-order chi connectivity index (χ1) is 14.0. The van der Waals surface area contributed by atoms with E-state index >= 15 is 0 Å². The Hall–Kier alpha value is -3.10. The van der Waals surface area contributed by atoms with Crippen LogP contribution in [0, 0.1) is 5.92 Å². The lowest BCUT2D eigenvalue weighted by atomic mass is 9.99. The van der Waals surface area contributed by atoms with E-state index in [9.17, 15) is 19.2 Å². The van der Waals surface area contributed by atoms with Gasteiger partial charge in [-0.15, -0.1) is 0 Å². The zero-order valence-electron chi connectivity index (χ0n) is 18.2. The van der Waals surface area contributed by atoms with Gasteiger partial charge >= 0.3 is 18.0 Å². The van der Waals surface area contributed by atoms with Crippen LogP contribution in [0.2, 0.25) is 0 Å². The van der Waals surface area contributed by atoms with E-state index in [0.29, 0.717) is 12.1 Å². The number of amides is 2. The summed E-state index contributed by atoms with van der Waals surface area (Å²) >= 11 is 0.